The number of hydrogen-bond acceptors (Lipinski definition) is 6. The molecule has 2 aromatic rings. The highest BCUT2D eigenvalue weighted by molar-refractivity contribution is 5.96. The second-order valence-electron chi connectivity index (χ2n) is 6.71. The van der Waals surface area contributed by atoms with Crippen molar-refractivity contribution in [3.05, 3.63) is 79.9 Å². The van der Waals surface area contributed by atoms with Crippen LogP contribution in [0, 0.1) is 20.2 Å². The van der Waals surface area contributed by atoms with Gasteiger partial charge >= 0.3 is 0 Å². The Morgan fingerprint density at radius 3 is 1.69 bits per heavy atom. The van der Waals surface area contributed by atoms with E-state index in [-0.39, 0.29) is 29.2 Å². The molecule has 29 heavy (non-hydrogen) atoms. The summed E-state index contributed by atoms with van der Waals surface area (Å²) in [6, 6.07) is 10.5. The maximum Gasteiger partial charge on any atom is 0.269 e. The van der Waals surface area contributed by atoms with E-state index < -0.39 is 9.85 Å². The van der Waals surface area contributed by atoms with E-state index in [1.807, 2.05) is 6.92 Å². The molecule has 1 atom stereocenters. The number of rotatable bonds is 4. The topological polar surface area (TPSA) is 127 Å². The zero-order valence-electron chi connectivity index (χ0n) is 15.6. The number of nitrogens with zero attached hydrogens (tertiary/aromatic N) is 4. The van der Waals surface area contributed by atoms with E-state index in [0.717, 1.165) is 0 Å². The largest absolute Gasteiger partial charge is 0.335 e. The quantitative estimate of drug-likeness (QED) is 0.575. The number of carbonyl (C=O) groups is 2. The van der Waals surface area contributed by atoms with Gasteiger partial charge in [-0.3, -0.25) is 29.8 Å². The minimum atomic E-state index is -0.529. The Hall–Kier alpha value is -3.82. The van der Waals surface area contributed by atoms with Gasteiger partial charge in [0.25, 0.3) is 23.2 Å². The number of hydrogen-bond donors (Lipinski definition) is 0. The lowest BCUT2D eigenvalue weighted by Crippen LogP contribution is -2.55. The van der Waals surface area contributed by atoms with Gasteiger partial charge in [0.2, 0.25) is 0 Å². The molecule has 150 valence electrons. The molecule has 0 radical (unpaired) electrons. The maximum absolute atomic E-state index is 12.7. The van der Waals surface area contributed by atoms with Crippen LogP contribution in [0.4, 0.5) is 11.4 Å². The van der Waals surface area contributed by atoms with E-state index in [9.17, 15) is 29.8 Å². The minimum absolute atomic E-state index is 0.0894. The van der Waals surface area contributed by atoms with E-state index in [1.165, 1.54) is 48.5 Å². The van der Waals surface area contributed by atoms with E-state index >= 15 is 0 Å². The van der Waals surface area contributed by atoms with Crippen molar-refractivity contribution in [1.29, 1.82) is 0 Å². The molecule has 3 rings (SSSR count). The lowest BCUT2D eigenvalue weighted by molar-refractivity contribution is -0.385. The molecule has 1 heterocycles. The average Bonchev–Trinajstić information content (AvgIpc) is 2.72. The van der Waals surface area contributed by atoms with E-state index in [4.69, 9.17) is 0 Å². The van der Waals surface area contributed by atoms with Gasteiger partial charge in [-0.05, 0) is 31.2 Å². The molecule has 1 aliphatic rings. The highest BCUT2D eigenvalue weighted by Crippen LogP contribution is 2.19. The third-order valence-electron chi connectivity index (χ3n) is 4.83. The Morgan fingerprint density at radius 1 is 0.828 bits per heavy atom. The molecule has 0 spiro atoms. The van der Waals surface area contributed by atoms with Crippen LogP contribution in [0.15, 0.2) is 48.5 Å². The van der Waals surface area contributed by atoms with Crippen molar-refractivity contribution in [3.63, 3.8) is 0 Å². The van der Waals surface area contributed by atoms with Gasteiger partial charge in [0.1, 0.15) is 0 Å². The van der Waals surface area contributed by atoms with Crippen LogP contribution in [0.2, 0.25) is 0 Å². The predicted molar refractivity (Wildman–Crippen MR) is 103 cm³/mol. The third-order valence-corrected chi connectivity index (χ3v) is 4.83. The zero-order chi connectivity index (χ0) is 21.1. The van der Waals surface area contributed by atoms with E-state index in [1.54, 1.807) is 9.80 Å². The number of piperazine rings is 1. The molecule has 0 saturated carbocycles. The summed E-state index contributed by atoms with van der Waals surface area (Å²) in [6.45, 7) is 2.77. The molecule has 0 N–H and O–H groups in total. The monoisotopic (exact) mass is 398 g/mol. The first kappa shape index (κ1) is 19.9. The third kappa shape index (κ3) is 4.21. The zero-order valence-corrected chi connectivity index (χ0v) is 15.6. The lowest BCUT2D eigenvalue weighted by Gasteiger charge is -2.40. The van der Waals surface area contributed by atoms with Crippen molar-refractivity contribution in [2.45, 2.75) is 13.0 Å². The Morgan fingerprint density at radius 2 is 1.28 bits per heavy atom. The molecule has 0 aromatic heterocycles. The van der Waals surface area contributed by atoms with Crippen LogP contribution in [0.25, 0.3) is 0 Å². The molecule has 10 heteroatoms. The van der Waals surface area contributed by atoms with Gasteiger partial charge in [-0.15, -0.1) is 0 Å². The van der Waals surface area contributed by atoms with Gasteiger partial charge in [0.05, 0.1) is 9.85 Å². The molecule has 0 bridgehead atoms. The van der Waals surface area contributed by atoms with Crippen LogP contribution in [-0.2, 0) is 0 Å². The van der Waals surface area contributed by atoms with E-state index in [2.05, 4.69) is 0 Å². The van der Waals surface area contributed by atoms with Crippen molar-refractivity contribution < 1.29 is 19.4 Å². The first-order chi connectivity index (χ1) is 13.8. The summed E-state index contributed by atoms with van der Waals surface area (Å²) in [5.41, 5.74) is 0.511. The average molecular weight is 398 g/mol. The first-order valence-electron chi connectivity index (χ1n) is 8.87. The van der Waals surface area contributed by atoms with Crippen molar-refractivity contribution in [2.75, 3.05) is 19.6 Å². The molecule has 0 aliphatic carbocycles. The summed E-state index contributed by atoms with van der Waals surface area (Å²) < 4.78 is 0. The van der Waals surface area contributed by atoms with Crippen LogP contribution >= 0.6 is 0 Å². The fourth-order valence-corrected chi connectivity index (χ4v) is 3.24. The van der Waals surface area contributed by atoms with Crippen LogP contribution in [0.5, 0.6) is 0 Å². The molecule has 1 saturated heterocycles. The fourth-order valence-electron chi connectivity index (χ4n) is 3.24. The van der Waals surface area contributed by atoms with Crippen molar-refractivity contribution in [1.82, 2.24) is 9.80 Å². The van der Waals surface area contributed by atoms with Gasteiger partial charge in [0.15, 0.2) is 0 Å². The molecule has 1 fully saturated rings. The SMILES string of the molecule is C[C@@H]1CN(C(=O)c2ccc([N+](=O)[O-])cc2)CCN1C(=O)c1ccc([N+](=O)[O-])cc1. The highest BCUT2D eigenvalue weighted by Gasteiger charge is 2.31. The number of benzene rings is 2. The van der Waals surface area contributed by atoms with E-state index in [0.29, 0.717) is 30.8 Å². The predicted octanol–water partition coefficient (Wildman–Crippen LogP) is 2.49. The highest BCUT2D eigenvalue weighted by atomic mass is 16.6. The minimum Gasteiger partial charge on any atom is -0.335 e. The molecule has 0 unspecified atom stereocenters. The Bertz CT molecular complexity index is 958. The fraction of sp³-hybridized carbons (Fsp3) is 0.263. The number of non-ortho nitro benzene ring substituents is 2. The standard InChI is InChI=1S/C19H18N4O6/c1-13-12-20(18(24)14-2-6-16(7-3-14)22(26)27)10-11-21(13)19(25)15-4-8-17(9-5-15)23(28)29/h2-9,13H,10-12H2,1H3/t13-/m1/s1. The first-order valence-corrected chi connectivity index (χ1v) is 8.87. The Labute approximate surface area is 165 Å². The summed E-state index contributed by atoms with van der Waals surface area (Å²) in [5, 5.41) is 21.5. The summed E-state index contributed by atoms with van der Waals surface area (Å²) in [5.74, 6) is -0.510. The summed E-state index contributed by atoms with van der Waals surface area (Å²) in [4.78, 5) is 49.0. The van der Waals surface area contributed by atoms with Crippen molar-refractivity contribution in [2.24, 2.45) is 0 Å². The Kier molecular flexibility index (Phi) is 5.53. The van der Waals surface area contributed by atoms with Gasteiger partial charge in [-0.1, -0.05) is 0 Å². The van der Waals surface area contributed by atoms with Crippen LogP contribution in [-0.4, -0.2) is 57.1 Å². The number of nitro groups is 2. The lowest BCUT2D eigenvalue weighted by atomic mass is 10.1. The summed E-state index contributed by atoms with van der Waals surface area (Å²) in [6.07, 6.45) is 0. The number of amides is 2. The Balaban J connectivity index is 1.66. The molecule has 1 aliphatic heterocycles. The normalized spacial score (nSPS) is 16.4. The molecule has 2 amide bonds. The second-order valence-corrected chi connectivity index (χ2v) is 6.71. The van der Waals surface area contributed by atoms with Crippen molar-refractivity contribution >= 4 is 23.2 Å². The molecule has 2 aromatic carbocycles. The van der Waals surface area contributed by atoms with Gasteiger partial charge in [-0.25, -0.2) is 0 Å². The maximum atomic E-state index is 12.7. The summed E-state index contributed by atoms with van der Waals surface area (Å²) >= 11 is 0. The van der Waals surface area contributed by atoms with Gasteiger partial charge in [0, 0.05) is 61.1 Å². The van der Waals surface area contributed by atoms with Crippen LogP contribution in [0.3, 0.4) is 0 Å². The second kappa shape index (κ2) is 8.05. The smallest absolute Gasteiger partial charge is 0.269 e. The molecular formula is C19H18N4O6. The van der Waals surface area contributed by atoms with Crippen molar-refractivity contribution in [3.8, 4) is 0 Å². The van der Waals surface area contributed by atoms with Crippen LogP contribution < -0.4 is 0 Å². The number of carbonyl (C=O) groups excluding carboxylic acids is 2. The molecule has 10 nitrogen and oxygen atoms in total. The van der Waals surface area contributed by atoms with Crippen LogP contribution in [0.1, 0.15) is 27.6 Å². The summed E-state index contributed by atoms with van der Waals surface area (Å²) in [7, 11) is 0. The van der Waals surface area contributed by atoms with Gasteiger partial charge < -0.3 is 9.80 Å². The van der Waals surface area contributed by atoms with Gasteiger partial charge in [-0.2, -0.15) is 0 Å². The number of nitro benzene ring substituents is 2. The molecular weight excluding hydrogens is 380 g/mol.